The van der Waals surface area contributed by atoms with Crippen LogP contribution in [0.4, 0.5) is 5.69 Å². The summed E-state index contributed by atoms with van der Waals surface area (Å²) in [6.07, 6.45) is 10.3. The lowest BCUT2D eigenvalue weighted by Gasteiger charge is -2.40. The number of hydrogen-bond acceptors (Lipinski definition) is 6. The number of nitrogens with zero attached hydrogens (tertiary/aromatic N) is 2. The van der Waals surface area contributed by atoms with E-state index in [2.05, 4.69) is 0 Å². The van der Waals surface area contributed by atoms with E-state index in [4.69, 9.17) is 9.47 Å². The number of aliphatic hydroxyl groups excluding tert-OH is 1. The number of hydrogen-bond donors (Lipinski definition) is 1. The molecule has 2 saturated heterocycles. The molecule has 2 amide bonds. The first kappa shape index (κ1) is 29.4. The number of anilines is 1. The van der Waals surface area contributed by atoms with E-state index in [-0.39, 0.29) is 31.6 Å². The molecule has 0 aromatic heterocycles. The third-order valence-electron chi connectivity index (χ3n) is 9.90. The van der Waals surface area contributed by atoms with Crippen LogP contribution in [0.1, 0.15) is 31.7 Å². The second kappa shape index (κ2) is 11.6. The molecule has 0 bridgehead atoms. The molecule has 232 valence electrons. The summed E-state index contributed by atoms with van der Waals surface area (Å²) in [5.41, 5.74) is -0.996. The van der Waals surface area contributed by atoms with Gasteiger partial charge in [-0.05, 0) is 61.1 Å². The van der Waals surface area contributed by atoms with Crippen molar-refractivity contribution in [3.63, 3.8) is 0 Å². The molecule has 2 fully saturated rings. The number of likely N-dealkylation sites (tertiary alicyclic amines) is 1. The third-order valence-corrected chi connectivity index (χ3v) is 9.90. The van der Waals surface area contributed by atoms with Gasteiger partial charge >= 0.3 is 5.97 Å². The minimum Gasteiger partial charge on any atom is -0.465 e. The van der Waals surface area contributed by atoms with Gasteiger partial charge in [0.05, 0.1) is 30.8 Å². The maximum absolute atomic E-state index is 15.0. The number of fused-ring (bicyclic) bond motifs is 3. The molecule has 45 heavy (non-hydrogen) atoms. The number of esters is 1. The molecule has 4 aliphatic rings. The molecule has 1 spiro atoms. The van der Waals surface area contributed by atoms with Crippen molar-refractivity contribution in [1.82, 2.24) is 4.90 Å². The average molecular weight is 607 g/mol. The van der Waals surface area contributed by atoms with Crippen LogP contribution in [0, 0.1) is 11.8 Å². The Morgan fingerprint density at radius 2 is 1.67 bits per heavy atom. The fourth-order valence-corrected chi connectivity index (χ4v) is 7.84. The van der Waals surface area contributed by atoms with Gasteiger partial charge in [0.25, 0.3) is 5.91 Å². The number of amides is 2. The number of ether oxygens (including phenoxy) is 2. The van der Waals surface area contributed by atoms with Crippen molar-refractivity contribution in [1.29, 1.82) is 0 Å². The minimum absolute atomic E-state index is 0.262. The molecular weight excluding hydrogens is 568 g/mol. The topological polar surface area (TPSA) is 96.4 Å². The number of allylic oxidation sites excluding steroid dienone is 1. The van der Waals surface area contributed by atoms with Gasteiger partial charge in [-0.1, -0.05) is 85.0 Å². The molecule has 0 saturated carbocycles. The average Bonchev–Trinajstić information content (AvgIpc) is 3.39. The molecule has 3 aromatic carbocycles. The van der Waals surface area contributed by atoms with Crippen molar-refractivity contribution in [2.75, 3.05) is 24.7 Å². The van der Waals surface area contributed by atoms with E-state index in [1.807, 2.05) is 104 Å². The summed E-state index contributed by atoms with van der Waals surface area (Å²) in [7, 11) is 0. The van der Waals surface area contributed by atoms with Gasteiger partial charge in [0, 0.05) is 12.2 Å². The van der Waals surface area contributed by atoms with Crippen molar-refractivity contribution >= 4 is 34.2 Å². The number of carbonyl (C=O) groups is 3. The second-order valence-corrected chi connectivity index (χ2v) is 12.7. The van der Waals surface area contributed by atoms with Gasteiger partial charge in [0.15, 0.2) is 0 Å². The highest BCUT2D eigenvalue weighted by Crippen LogP contribution is 2.57. The van der Waals surface area contributed by atoms with Gasteiger partial charge < -0.3 is 24.4 Å². The standard InChI is InChI=1S/C37H38N2O6/c1-36-18-9-2-3-10-21-44-35(43)31(36)30-33(41)39(29(24-40)22-25-12-5-4-6-13-25)32-34(42)38(20-11-19-37(30,32)45-36)28-17-16-26-14-7-8-15-27(26)23-28/h4-9,11-19,23,29-32,40H,2-3,10,20-22,24H2,1H3/b18-9-/t29-,30+,31+,32?,36-,37+/m1/s1. The van der Waals surface area contributed by atoms with Gasteiger partial charge in [-0.3, -0.25) is 14.4 Å². The van der Waals surface area contributed by atoms with Gasteiger partial charge in [-0.2, -0.15) is 0 Å². The van der Waals surface area contributed by atoms with Gasteiger partial charge in [-0.25, -0.2) is 0 Å². The zero-order valence-electron chi connectivity index (χ0n) is 25.4. The highest BCUT2D eigenvalue weighted by Gasteiger charge is 2.75. The molecule has 0 radical (unpaired) electrons. The van der Waals surface area contributed by atoms with Crippen molar-refractivity contribution in [3.05, 3.63) is 103 Å². The van der Waals surface area contributed by atoms with E-state index in [1.54, 1.807) is 4.90 Å². The summed E-state index contributed by atoms with van der Waals surface area (Å²) in [5.74, 6) is -3.18. The molecule has 0 aliphatic carbocycles. The van der Waals surface area contributed by atoms with Crippen molar-refractivity contribution in [2.24, 2.45) is 11.8 Å². The number of cyclic esters (lactones) is 1. The fraction of sp³-hybridized carbons (Fsp3) is 0.378. The molecule has 4 heterocycles. The molecule has 8 nitrogen and oxygen atoms in total. The van der Waals surface area contributed by atoms with E-state index >= 15 is 0 Å². The molecule has 8 heteroatoms. The number of carbonyl (C=O) groups excluding carboxylic acids is 3. The van der Waals surface area contributed by atoms with Crippen LogP contribution >= 0.6 is 0 Å². The maximum Gasteiger partial charge on any atom is 0.313 e. The van der Waals surface area contributed by atoms with Crippen molar-refractivity contribution in [3.8, 4) is 0 Å². The Morgan fingerprint density at radius 3 is 2.47 bits per heavy atom. The van der Waals surface area contributed by atoms with E-state index in [0.29, 0.717) is 12.1 Å². The Bertz CT molecular complexity index is 1690. The third kappa shape index (κ3) is 4.87. The lowest BCUT2D eigenvalue weighted by molar-refractivity contribution is -0.160. The first-order chi connectivity index (χ1) is 21.9. The Kier molecular flexibility index (Phi) is 7.58. The summed E-state index contributed by atoms with van der Waals surface area (Å²) < 4.78 is 12.7. The maximum atomic E-state index is 15.0. The fourth-order valence-electron chi connectivity index (χ4n) is 7.84. The smallest absolute Gasteiger partial charge is 0.313 e. The summed E-state index contributed by atoms with van der Waals surface area (Å²) in [4.78, 5) is 46.8. The number of benzene rings is 3. The molecular formula is C37H38N2O6. The van der Waals surface area contributed by atoms with Gasteiger partial charge in [0.1, 0.15) is 17.6 Å². The second-order valence-electron chi connectivity index (χ2n) is 12.7. The zero-order valence-corrected chi connectivity index (χ0v) is 25.4. The predicted molar refractivity (Wildman–Crippen MR) is 170 cm³/mol. The normalized spacial score (nSPS) is 31.2. The Hall–Kier alpha value is -4.27. The Balaban J connectivity index is 1.37. The number of rotatable bonds is 5. The summed E-state index contributed by atoms with van der Waals surface area (Å²) in [6, 6.07) is 21.6. The van der Waals surface area contributed by atoms with Crippen LogP contribution in [0.25, 0.3) is 10.8 Å². The summed E-state index contributed by atoms with van der Waals surface area (Å²) in [5, 5.41) is 12.8. The molecule has 1 N–H and O–H groups in total. The van der Waals surface area contributed by atoms with E-state index in [1.165, 1.54) is 4.90 Å². The first-order valence-corrected chi connectivity index (χ1v) is 15.9. The minimum atomic E-state index is -1.44. The van der Waals surface area contributed by atoms with Crippen LogP contribution in [0.15, 0.2) is 97.1 Å². The summed E-state index contributed by atoms with van der Waals surface area (Å²) >= 11 is 0. The molecule has 4 aliphatic heterocycles. The van der Waals surface area contributed by atoms with E-state index in [0.717, 1.165) is 35.6 Å². The van der Waals surface area contributed by atoms with Crippen molar-refractivity contribution < 1.29 is 29.0 Å². The van der Waals surface area contributed by atoms with Crippen LogP contribution in [0.3, 0.4) is 0 Å². The van der Waals surface area contributed by atoms with Crippen LogP contribution in [-0.4, -0.2) is 70.8 Å². The predicted octanol–water partition coefficient (Wildman–Crippen LogP) is 4.60. The number of aliphatic hydroxyl groups is 1. The van der Waals surface area contributed by atoms with Crippen LogP contribution in [0.5, 0.6) is 0 Å². The Labute approximate surface area is 262 Å². The summed E-state index contributed by atoms with van der Waals surface area (Å²) in [6.45, 7) is 1.98. The first-order valence-electron chi connectivity index (χ1n) is 15.9. The highest BCUT2D eigenvalue weighted by molar-refractivity contribution is 6.06. The monoisotopic (exact) mass is 606 g/mol. The highest BCUT2D eigenvalue weighted by atomic mass is 16.6. The van der Waals surface area contributed by atoms with Crippen LogP contribution < -0.4 is 4.90 Å². The van der Waals surface area contributed by atoms with Gasteiger partial charge in [0.2, 0.25) is 5.91 Å². The van der Waals surface area contributed by atoms with Gasteiger partial charge in [-0.15, -0.1) is 0 Å². The molecule has 6 atom stereocenters. The van der Waals surface area contributed by atoms with E-state index in [9.17, 15) is 19.5 Å². The van der Waals surface area contributed by atoms with Crippen molar-refractivity contribution in [2.45, 2.75) is 55.9 Å². The lowest BCUT2D eigenvalue weighted by Crippen LogP contribution is -2.59. The quantitative estimate of drug-likeness (QED) is 0.337. The van der Waals surface area contributed by atoms with Crippen LogP contribution in [-0.2, 0) is 30.3 Å². The SMILES string of the molecule is C[C@@]12/C=C\CCCCOC(=O)[C@@H]1[C@H]1C(=O)N([C@@H](CO)Cc3ccccc3)C3C(=O)N(c4ccc5ccccc5c4)CC=C[C@@]31O2. The molecule has 1 unspecified atom stereocenters. The molecule has 7 rings (SSSR count). The zero-order chi connectivity index (χ0) is 31.2. The van der Waals surface area contributed by atoms with E-state index < -0.39 is 41.1 Å². The lowest BCUT2D eigenvalue weighted by atomic mass is 9.74. The van der Waals surface area contributed by atoms with Crippen LogP contribution in [0.2, 0.25) is 0 Å². The largest absolute Gasteiger partial charge is 0.465 e. The molecule has 3 aromatic rings. The Morgan fingerprint density at radius 1 is 0.889 bits per heavy atom.